The molecule has 0 bridgehead atoms. The summed E-state index contributed by atoms with van der Waals surface area (Å²) in [5.74, 6) is -0.438. The van der Waals surface area contributed by atoms with Gasteiger partial charge in [-0.05, 0) is 36.1 Å². The van der Waals surface area contributed by atoms with E-state index in [4.69, 9.17) is 11.6 Å². The number of carbonyl (C=O) groups excluding carboxylic acids is 1. The van der Waals surface area contributed by atoms with Gasteiger partial charge in [-0.3, -0.25) is 4.79 Å². The predicted octanol–water partition coefficient (Wildman–Crippen LogP) is 4.61. The fraction of sp³-hybridized carbons (Fsp3) is 0.222. The molecule has 2 unspecified atom stereocenters. The van der Waals surface area contributed by atoms with Crippen LogP contribution >= 0.6 is 11.6 Å². The van der Waals surface area contributed by atoms with Crippen LogP contribution in [-0.4, -0.2) is 12.1 Å². The van der Waals surface area contributed by atoms with Crippen molar-refractivity contribution < 1.29 is 18.0 Å². The summed E-state index contributed by atoms with van der Waals surface area (Å²) in [6.45, 7) is 0. The minimum atomic E-state index is -4.47. The molecule has 2 aromatic carbocycles. The molecule has 0 heterocycles. The van der Waals surface area contributed by atoms with Crippen LogP contribution in [0, 0.1) is 5.92 Å². The number of nitrogens with one attached hydrogen (secondary N) is 1. The normalized spacial score (nSPS) is 19.8. The van der Waals surface area contributed by atoms with Crippen LogP contribution in [0.3, 0.4) is 0 Å². The van der Waals surface area contributed by atoms with E-state index in [9.17, 15) is 18.0 Å². The van der Waals surface area contributed by atoms with Crippen LogP contribution < -0.4 is 5.43 Å². The number of hydrogen-bond acceptors (Lipinski definition) is 2. The Labute approximate surface area is 147 Å². The number of hydrazone groups is 1. The zero-order chi connectivity index (χ0) is 18.0. The van der Waals surface area contributed by atoms with E-state index in [1.807, 2.05) is 12.1 Å². The number of hydrogen-bond donors (Lipinski definition) is 1. The minimum Gasteiger partial charge on any atom is -0.273 e. The second-order valence-electron chi connectivity index (χ2n) is 5.82. The van der Waals surface area contributed by atoms with E-state index in [2.05, 4.69) is 10.5 Å². The lowest BCUT2D eigenvalue weighted by Crippen LogP contribution is -2.20. The van der Waals surface area contributed by atoms with E-state index in [0.29, 0.717) is 11.4 Å². The lowest BCUT2D eigenvalue weighted by Gasteiger charge is -2.09. The Morgan fingerprint density at radius 2 is 1.84 bits per heavy atom. The molecule has 1 aliphatic carbocycles. The highest BCUT2D eigenvalue weighted by molar-refractivity contribution is 6.30. The molecule has 0 radical (unpaired) electrons. The summed E-state index contributed by atoms with van der Waals surface area (Å²) in [6.07, 6.45) is -2.77. The third-order valence-electron chi connectivity index (χ3n) is 4.07. The van der Waals surface area contributed by atoms with Crippen LogP contribution in [0.5, 0.6) is 0 Å². The third kappa shape index (κ3) is 4.20. The molecule has 1 fully saturated rings. The fourth-order valence-electron chi connectivity index (χ4n) is 2.68. The number of amides is 1. The van der Waals surface area contributed by atoms with Crippen molar-refractivity contribution in [3.05, 3.63) is 70.2 Å². The molecule has 1 N–H and O–H groups in total. The third-order valence-corrected chi connectivity index (χ3v) is 4.32. The summed E-state index contributed by atoms with van der Waals surface area (Å²) in [7, 11) is 0. The Kier molecular flexibility index (Phi) is 4.81. The first kappa shape index (κ1) is 17.5. The average molecular weight is 367 g/mol. The number of alkyl halides is 3. The van der Waals surface area contributed by atoms with E-state index >= 15 is 0 Å². The molecule has 7 heteroatoms. The van der Waals surface area contributed by atoms with Gasteiger partial charge in [-0.2, -0.15) is 18.3 Å². The Hall–Kier alpha value is -2.34. The summed E-state index contributed by atoms with van der Waals surface area (Å²) in [4.78, 5) is 12.1. The molecule has 1 aliphatic rings. The van der Waals surface area contributed by atoms with Crippen LogP contribution in [0.25, 0.3) is 0 Å². The van der Waals surface area contributed by atoms with Crippen molar-refractivity contribution >= 4 is 23.7 Å². The molecule has 3 nitrogen and oxygen atoms in total. The molecule has 0 aliphatic heterocycles. The van der Waals surface area contributed by atoms with Crippen molar-refractivity contribution in [2.45, 2.75) is 18.5 Å². The predicted molar refractivity (Wildman–Crippen MR) is 89.5 cm³/mol. The Morgan fingerprint density at radius 1 is 1.16 bits per heavy atom. The average Bonchev–Trinajstić information content (AvgIpc) is 3.36. The molecule has 3 rings (SSSR count). The highest BCUT2D eigenvalue weighted by Gasteiger charge is 2.43. The van der Waals surface area contributed by atoms with Crippen molar-refractivity contribution in [1.82, 2.24) is 5.43 Å². The van der Waals surface area contributed by atoms with Gasteiger partial charge in [0.2, 0.25) is 5.91 Å². The smallest absolute Gasteiger partial charge is 0.273 e. The Balaban J connectivity index is 1.61. The molecule has 130 valence electrons. The maximum Gasteiger partial charge on any atom is 0.417 e. The highest BCUT2D eigenvalue weighted by Crippen LogP contribution is 2.47. The first-order valence-electron chi connectivity index (χ1n) is 7.61. The maximum absolute atomic E-state index is 12.9. The second kappa shape index (κ2) is 6.88. The molecule has 25 heavy (non-hydrogen) atoms. The van der Waals surface area contributed by atoms with Gasteiger partial charge in [-0.1, -0.05) is 41.9 Å². The monoisotopic (exact) mass is 366 g/mol. The topological polar surface area (TPSA) is 41.5 Å². The van der Waals surface area contributed by atoms with Gasteiger partial charge in [-0.15, -0.1) is 0 Å². The van der Waals surface area contributed by atoms with Gasteiger partial charge in [0.05, 0.1) is 11.8 Å². The summed E-state index contributed by atoms with van der Waals surface area (Å²) in [5, 5.41) is 4.30. The first-order valence-corrected chi connectivity index (χ1v) is 7.98. The first-order chi connectivity index (χ1) is 11.9. The number of benzene rings is 2. The van der Waals surface area contributed by atoms with Crippen molar-refractivity contribution in [3.8, 4) is 0 Å². The molecule has 0 aromatic heterocycles. The van der Waals surface area contributed by atoms with Crippen LogP contribution in [0.4, 0.5) is 13.2 Å². The van der Waals surface area contributed by atoms with E-state index in [1.165, 1.54) is 18.2 Å². The summed E-state index contributed by atoms with van der Waals surface area (Å²) < 4.78 is 38.6. The van der Waals surface area contributed by atoms with Gasteiger partial charge in [0.15, 0.2) is 0 Å². The summed E-state index contributed by atoms with van der Waals surface area (Å²) in [5.41, 5.74) is 2.44. The Bertz CT molecular complexity index is 803. The summed E-state index contributed by atoms with van der Waals surface area (Å²) in [6, 6.07) is 12.3. The van der Waals surface area contributed by atoms with E-state index in [0.717, 1.165) is 17.8 Å². The molecular formula is C18H14ClF3N2O. The zero-order valence-electron chi connectivity index (χ0n) is 12.9. The second-order valence-corrected chi connectivity index (χ2v) is 6.26. The van der Waals surface area contributed by atoms with E-state index < -0.39 is 11.7 Å². The molecule has 0 spiro atoms. The lowest BCUT2D eigenvalue weighted by molar-refractivity contribution is -0.137. The molecule has 2 aromatic rings. The highest BCUT2D eigenvalue weighted by atomic mass is 35.5. The SMILES string of the molecule is O=C(NN=Cc1ccccc1C(F)(F)F)C1CC1c1ccc(Cl)cc1. The molecule has 0 saturated heterocycles. The largest absolute Gasteiger partial charge is 0.417 e. The van der Waals surface area contributed by atoms with Crippen molar-refractivity contribution in [3.63, 3.8) is 0 Å². The summed E-state index contributed by atoms with van der Waals surface area (Å²) >= 11 is 5.83. The van der Waals surface area contributed by atoms with Crippen molar-refractivity contribution in [1.29, 1.82) is 0 Å². The van der Waals surface area contributed by atoms with Gasteiger partial charge in [0.25, 0.3) is 0 Å². The van der Waals surface area contributed by atoms with Gasteiger partial charge >= 0.3 is 6.18 Å². The van der Waals surface area contributed by atoms with Gasteiger partial charge < -0.3 is 0 Å². The number of carbonyl (C=O) groups is 1. The van der Waals surface area contributed by atoms with Gasteiger partial charge in [0.1, 0.15) is 0 Å². The van der Waals surface area contributed by atoms with Gasteiger partial charge in [-0.25, -0.2) is 5.43 Å². The number of nitrogens with zero attached hydrogens (tertiary/aromatic N) is 1. The van der Waals surface area contributed by atoms with Crippen molar-refractivity contribution in [2.24, 2.45) is 11.0 Å². The van der Waals surface area contributed by atoms with Crippen LogP contribution in [0.1, 0.15) is 29.0 Å². The lowest BCUT2D eigenvalue weighted by atomic mass is 10.1. The molecule has 1 amide bonds. The molecular weight excluding hydrogens is 353 g/mol. The molecule has 1 saturated carbocycles. The number of halogens is 4. The van der Waals surface area contributed by atoms with E-state index in [1.54, 1.807) is 12.1 Å². The van der Waals surface area contributed by atoms with Gasteiger partial charge in [0, 0.05) is 16.5 Å². The maximum atomic E-state index is 12.9. The van der Waals surface area contributed by atoms with E-state index in [-0.39, 0.29) is 23.3 Å². The Morgan fingerprint density at radius 3 is 2.52 bits per heavy atom. The minimum absolute atomic E-state index is 0.0925. The van der Waals surface area contributed by atoms with Crippen molar-refractivity contribution in [2.75, 3.05) is 0 Å². The van der Waals surface area contributed by atoms with Crippen LogP contribution in [0.2, 0.25) is 5.02 Å². The van der Waals surface area contributed by atoms with Crippen LogP contribution in [-0.2, 0) is 11.0 Å². The molecule has 2 atom stereocenters. The quantitative estimate of drug-likeness (QED) is 0.623. The van der Waals surface area contributed by atoms with Crippen LogP contribution in [0.15, 0.2) is 53.6 Å². The fourth-order valence-corrected chi connectivity index (χ4v) is 2.81. The zero-order valence-corrected chi connectivity index (χ0v) is 13.7. The standard InChI is InChI=1S/C18H14ClF3N2O/c19-13-7-5-11(6-8-13)14-9-15(14)17(25)24-23-10-12-3-1-2-4-16(12)18(20,21)22/h1-8,10,14-15H,9H2,(H,24,25). The number of rotatable bonds is 4.